The zero-order valence-electron chi connectivity index (χ0n) is 20.2. The van der Waals surface area contributed by atoms with Crippen molar-refractivity contribution in [2.45, 2.75) is 44.3 Å². The van der Waals surface area contributed by atoms with Gasteiger partial charge in [-0.3, -0.25) is 0 Å². The van der Waals surface area contributed by atoms with Gasteiger partial charge in [0.2, 0.25) is 0 Å². The summed E-state index contributed by atoms with van der Waals surface area (Å²) in [6, 6.07) is 13.1. The van der Waals surface area contributed by atoms with Crippen molar-refractivity contribution in [1.82, 2.24) is 10.6 Å². The van der Waals surface area contributed by atoms with Gasteiger partial charge < -0.3 is 21.1 Å². The van der Waals surface area contributed by atoms with E-state index >= 15 is 0 Å². The van der Waals surface area contributed by atoms with Crippen molar-refractivity contribution >= 4 is 11.5 Å². The third kappa shape index (κ3) is 7.66. The van der Waals surface area contributed by atoms with E-state index in [1.165, 1.54) is 13.0 Å². The van der Waals surface area contributed by atoms with E-state index in [9.17, 15) is 22.7 Å². The number of amidine groups is 1. The number of aliphatic hydroxyl groups excluding tert-OH is 1. The molecule has 1 unspecified atom stereocenters. The van der Waals surface area contributed by atoms with E-state index in [2.05, 4.69) is 27.5 Å². The molecule has 0 saturated carbocycles. The topological polar surface area (TPSA) is 68.7 Å². The van der Waals surface area contributed by atoms with Crippen LogP contribution in [0.3, 0.4) is 0 Å². The minimum absolute atomic E-state index is 0.149. The standard InChI is InChI=1S/C27H32F4N4O/c1-18(34-26(12-15-36)21-6-4-3-5-7-21)24(27(29,30)31)17-33-19(2)35-22-8-9-23(25(28)16-22)20-10-13-32-14-11-20/h3-9,16-17,20,26,32,34,36H,1,10-15H2,2H3,(H,33,35)/b24-17+. The molecule has 0 radical (unpaired) electrons. The molecule has 1 aliphatic rings. The van der Waals surface area contributed by atoms with Crippen LogP contribution in [0.15, 0.2) is 77.6 Å². The van der Waals surface area contributed by atoms with Crippen LogP contribution in [0.2, 0.25) is 0 Å². The highest BCUT2D eigenvalue weighted by molar-refractivity contribution is 5.93. The van der Waals surface area contributed by atoms with Gasteiger partial charge >= 0.3 is 6.18 Å². The van der Waals surface area contributed by atoms with Gasteiger partial charge in [0, 0.05) is 24.2 Å². The Labute approximate surface area is 209 Å². The fraction of sp³-hybridized carbons (Fsp3) is 0.370. The van der Waals surface area contributed by atoms with E-state index in [-0.39, 0.29) is 36.3 Å². The highest BCUT2D eigenvalue weighted by Gasteiger charge is 2.36. The molecule has 0 bridgehead atoms. The van der Waals surface area contributed by atoms with Gasteiger partial charge in [-0.25, -0.2) is 9.38 Å². The smallest absolute Gasteiger partial charge is 0.396 e. The first kappa shape index (κ1) is 27.4. The number of alkyl halides is 3. The van der Waals surface area contributed by atoms with Gasteiger partial charge in [0.1, 0.15) is 11.7 Å². The summed E-state index contributed by atoms with van der Waals surface area (Å²) in [6.45, 7) is 6.55. The molecule has 36 heavy (non-hydrogen) atoms. The van der Waals surface area contributed by atoms with Crippen LogP contribution >= 0.6 is 0 Å². The average Bonchev–Trinajstić information content (AvgIpc) is 2.84. The summed E-state index contributed by atoms with van der Waals surface area (Å²) >= 11 is 0. The van der Waals surface area contributed by atoms with Crippen molar-refractivity contribution in [2.75, 3.05) is 25.0 Å². The fourth-order valence-electron chi connectivity index (χ4n) is 4.22. The molecule has 0 spiro atoms. The van der Waals surface area contributed by atoms with Crippen molar-refractivity contribution < 1.29 is 22.7 Å². The highest BCUT2D eigenvalue weighted by atomic mass is 19.4. The summed E-state index contributed by atoms with van der Waals surface area (Å²) in [6.07, 6.45) is -2.10. The lowest BCUT2D eigenvalue weighted by Crippen LogP contribution is -2.27. The van der Waals surface area contributed by atoms with Crippen molar-refractivity contribution in [3.63, 3.8) is 0 Å². The van der Waals surface area contributed by atoms with Crippen LogP contribution in [0.4, 0.5) is 23.2 Å². The Morgan fingerprint density at radius 1 is 1.19 bits per heavy atom. The van der Waals surface area contributed by atoms with Gasteiger partial charge in [0.05, 0.1) is 11.6 Å². The van der Waals surface area contributed by atoms with Crippen LogP contribution < -0.4 is 16.0 Å². The largest absolute Gasteiger partial charge is 0.419 e. The molecule has 0 amide bonds. The van der Waals surface area contributed by atoms with Crippen LogP contribution in [0.5, 0.6) is 0 Å². The molecule has 1 aliphatic heterocycles. The van der Waals surface area contributed by atoms with Crippen molar-refractivity contribution in [3.05, 3.63) is 89.5 Å². The Hall–Kier alpha value is -3.17. The second kappa shape index (κ2) is 12.7. The summed E-state index contributed by atoms with van der Waals surface area (Å²) < 4.78 is 56.1. The molecule has 1 atom stereocenters. The predicted molar refractivity (Wildman–Crippen MR) is 135 cm³/mol. The first-order valence-electron chi connectivity index (χ1n) is 11.9. The van der Waals surface area contributed by atoms with Gasteiger partial charge in [-0.15, -0.1) is 0 Å². The molecule has 2 aromatic rings. The zero-order chi connectivity index (χ0) is 26.1. The maximum Gasteiger partial charge on any atom is 0.419 e. The van der Waals surface area contributed by atoms with Crippen molar-refractivity contribution in [1.29, 1.82) is 0 Å². The van der Waals surface area contributed by atoms with E-state index in [0.29, 0.717) is 17.5 Å². The number of halogens is 4. The summed E-state index contributed by atoms with van der Waals surface area (Å²) in [5.74, 6) is -0.0374. The molecular weight excluding hydrogens is 472 g/mol. The maximum atomic E-state index is 14.7. The summed E-state index contributed by atoms with van der Waals surface area (Å²) in [5, 5.41) is 18.2. The minimum Gasteiger partial charge on any atom is -0.396 e. The number of allylic oxidation sites excluding steroid dienone is 1. The Morgan fingerprint density at radius 3 is 2.50 bits per heavy atom. The number of nitrogens with zero attached hydrogens (tertiary/aromatic N) is 1. The lowest BCUT2D eigenvalue weighted by molar-refractivity contribution is -0.0901. The Bertz CT molecular complexity index is 1080. The minimum atomic E-state index is -4.71. The van der Waals surface area contributed by atoms with Gasteiger partial charge in [-0.05, 0) is 68.5 Å². The second-order valence-corrected chi connectivity index (χ2v) is 8.74. The number of piperidine rings is 1. The van der Waals surface area contributed by atoms with Crippen LogP contribution in [-0.2, 0) is 0 Å². The van der Waals surface area contributed by atoms with Crippen LogP contribution in [-0.4, -0.2) is 36.8 Å². The first-order chi connectivity index (χ1) is 17.2. The molecule has 9 heteroatoms. The van der Waals surface area contributed by atoms with Gasteiger partial charge in [0.25, 0.3) is 0 Å². The van der Waals surface area contributed by atoms with E-state index in [4.69, 9.17) is 0 Å². The van der Waals surface area contributed by atoms with Gasteiger partial charge in [0.15, 0.2) is 0 Å². The monoisotopic (exact) mass is 504 g/mol. The number of aliphatic hydroxyl groups is 1. The Morgan fingerprint density at radius 2 is 1.89 bits per heavy atom. The fourth-order valence-corrected chi connectivity index (χ4v) is 4.22. The summed E-state index contributed by atoms with van der Waals surface area (Å²) in [7, 11) is 0. The molecule has 2 aromatic carbocycles. The molecular formula is C27H32F4N4O. The molecule has 3 rings (SSSR count). The van der Waals surface area contributed by atoms with Crippen molar-refractivity contribution in [2.24, 2.45) is 4.99 Å². The number of hydrogen-bond acceptors (Lipinski definition) is 4. The third-order valence-electron chi connectivity index (χ3n) is 6.09. The summed E-state index contributed by atoms with van der Waals surface area (Å²) in [5.41, 5.74) is 0.366. The molecule has 5 nitrogen and oxygen atoms in total. The molecule has 0 aromatic heterocycles. The van der Waals surface area contributed by atoms with E-state index < -0.39 is 17.8 Å². The molecule has 1 heterocycles. The Balaban J connectivity index is 1.74. The number of rotatable bonds is 9. The first-order valence-corrected chi connectivity index (χ1v) is 11.9. The number of anilines is 1. The summed E-state index contributed by atoms with van der Waals surface area (Å²) in [4.78, 5) is 3.92. The van der Waals surface area contributed by atoms with Gasteiger partial charge in [-0.2, -0.15) is 13.2 Å². The SMILES string of the molecule is C=C(NC(CCO)c1ccccc1)/C(=C\N=C(/C)Nc1ccc(C2CCNCC2)c(F)c1)C(F)(F)F. The lowest BCUT2D eigenvalue weighted by atomic mass is 9.90. The molecule has 0 aliphatic carbocycles. The maximum absolute atomic E-state index is 14.7. The number of hydrogen-bond donors (Lipinski definition) is 4. The molecule has 1 saturated heterocycles. The number of aliphatic imine (C=N–C) groups is 1. The van der Waals surface area contributed by atoms with E-state index in [1.807, 2.05) is 0 Å². The normalized spacial score (nSPS) is 16.5. The Kier molecular flexibility index (Phi) is 9.66. The third-order valence-corrected chi connectivity index (χ3v) is 6.09. The van der Waals surface area contributed by atoms with Gasteiger partial charge in [-0.1, -0.05) is 43.0 Å². The van der Waals surface area contributed by atoms with E-state index in [1.54, 1.807) is 42.5 Å². The molecule has 1 fully saturated rings. The average molecular weight is 505 g/mol. The molecule has 194 valence electrons. The number of benzene rings is 2. The van der Waals surface area contributed by atoms with Crippen LogP contribution in [0, 0.1) is 5.82 Å². The second-order valence-electron chi connectivity index (χ2n) is 8.74. The quantitative estimate of drug-likeness (QED) is 0.151. The van der Waals surface area contributed by atoms with Crippen LogP contribution in [0.25, 0.3) is 0 Å². The lowest BCUT2D eigenvalue weighted by Gasteiger charge is -2.23. The van der Waals surface area contributed by atoms with E-state index in [0.717, 1.165) is 31.5 Å². The number of nitrogens with one attached hydrogen (secondary N) is 3. The predicted octanol–water partition coefficient (Wildman–Crippen LogP) is 5.80. The zero-order valence-corrected chi connectivity index (χ0v) is 20.2. The van der Waals surface area contributed by atoms with Crippen molar-refractivity contribution in [3.8, 4) is 0 Å². The highest BCUT2D eigenvalue weighted by Crippen LogP contribution is 2.32. The molecule has 4 N–H and O–H groups in total. The van der Waals surface area contributed by atoms with Crippen LogP contribution in [0.1, 0.15) is 49.3 Å².